The molecular formula is C16H29N3O. The summed E-state index contributed by atoms with van der Waals surface area (Å²) >= 11 is 0. The van der Waals surface area contributed by atoms with E-state index in [9.17, 15) is 4.79 Å². The Balaban J connectivity index is 1.85. The molecule has 3 aliphatic rings. The van der Waals surface area contributed by atoms with Gasteiger partial charge in [0, 0.05) is 20.1 Å². The van der Waals surface area contributed by atoms with E-state index >= 15 is 0 Å². The van der Waals surface area contributed by atoms with Gasteiger partial charge in [-0.05, 0) is 42.9 Å². The van der Waals surface area contributed by atoms with Crippen molar-refractivity contribution in [3.05, 3.63) is 0 Å². The summed E-state index contributed by atoms with van der Waals surface area (Å²) in [6, 6.07) is 0. The first-order chi connectivity index (χ1) is 9.45. The van der Waals surface area contributed by atoms with Gasteiger partial charge in [0.15, 0.2) is 0 Å². The van der Waals surface area contributed by atoms with E-state index in [1.807, 2.05) is 17.2 Å². The number of rotatable bonds is 2. The first kappa shape index (κ1) is 14.3. The molecule has 3 atom stereocenters. The van der Waals surface area contributed by atoms with Crippen molar-refractivity contribution >= 4 is 5.91 Å². The molecule has 0 aromatic heterocycles. The maximum absolute atomic E-state index is 13.3. The summed E-state index contributed by atoms with van der Waals surface area (Å²) in [6.45, 7) is 8.74. The lowest BCUT2D eigenvalue weighted by Crippen LogP contribution is -2.58. The average molecular weight is 279 g/mol. The Labute approximate surface area is 122 Å². The maximum Gasteiger partial charge on any atom is 0.245 e. The number of nitrogens with one attached hydrogen (secondary N) is 1. The number of carbonyl (C=O) groups excluding carboxylic acids is 1. The van der Waals surface area contributed by atoms with Crippen LogP contribution in [0.25, 0.3) is 0 Å². The van der Waals surface area contributed by atoms with Crippen molar-refractivity contribution in [2.75, 3.05) is 20.1 Å². The van der Waals surface area contributed by atoms with Crippen molar-refractivity contribution in [3.63, 3.8) is 0 Å². The van der Waals surface area contributed by atoms with Crippen LogP contribution in [0.15, 0.2) is 0 Å². The molecule has 1 heterocycles. The zero-order chi connectivity index (χ0) is 14.5. The van der Waals surface area contributed by atoms with Crippen LogP contribution in [0.1, 0.15) is 52.9 Å². The van der Waals surface area contributed by atoms with Gasteiger partial charge >= 0.3 is 0 Å². The SMILES string of the molecule is CNN1CCCCN1C(=O)[C@@]12CC(C)CCC1C2(C)C. The topological polar surface area (TPSA) is 35.6 Å². The summed E-state index contributed by atoms with van der Waals surface area (Å²) in [6.07, 6.45) is 5.89. The zero-order valence-corrected chi connectivity index (χ0v) is 13.4. The maximum atomic E-state index is 13.3. The van der Waals surface area contributed by atoms with Crippen LogP contribution in [0.3, 0.4) is 0 Å². The Hall–Kier alpha value is -0.610. The van der Waals surface area contributed by atoms with Crippen molar-refractivity contribution in [2.24, 2.45) is 22.7 Å². The van der Waals surface area contributed by atoms with Gasteiger partial charge in [0.1, 0.15) is 0 Å². The first-order valence-electron chi connectivity index (χ1n) is 8.22. The van der Waals surface area contributed by atoms with Gasteiger partial charge in [0.2, 0.25) is 5.91 Å². The van der Waals surface area contributed by atoms with Crippen LogP contribution in [0.2, 0.25) is 0 Å². The molecule has 2 saturated carbocycles. The molecule has 4 heteroatoms. The predicted octanol–water partition coefficient (Wildman–Crippen LogP) is 2.42. The van der Waals surface area contributed by atoms with Crippen molar-refractivity contribution in [1.82, 2.24) is 15.6 Å². The second-order valence-corrected chi connectivity index (χ2v) is 7.61. The second kappa shape index (κ2) is 4.70. The molecular weight excluding hydrogens is 250 g/mol. The van der Waals surface area contributed by atoms with Gasteiger partial charge in [0.25, 0.3) is 0 Å². The summed E-state index contributed by atoms with van der Waals surface area (Å²) in [7, 11) is 1.92. The Kier molecular flexibility index (Phi) is 3.37. The summed E-state index contributed by atoms with van der Waals surface area (Å²) in [5, 5.41) is 4.04. The molecule has 0 radical (unpaired) electrons. The van der Waals surface area contributed by atoms with E-state index in [4.69, 9.17) is 0 Å². The van der Waals surface area contributed by atoms with Crippen molar-refractivity contribution in [2.45, 2.75) is 52.9 Å². The Morgan fingerprint density at radius 1 is 1.20 bits per heavy atom. The number of amides is 1. The van der Waals surface area contributed by atoms with Gasteiger partial charge in [-0.25, -0.2) is 5.43 Å². The van der Waals surface area contributed by atoms with Gasteiger partial charge in [-0.3, -0.25) is 9.80 Å². The molecule has 0 aromatic carbocycles. The van der Waals surface area contributed by atoms with Crippen LogP contribution < -0.4 is 5.43 Å². The third-order valence-electron chi connectivity index (χ3n) is 6.31. The van der Waals surface area contributed by atoms with E-state index in [0.717, 1.165) is 25.9 Å². The summed E-state index contributed by atoms with van der Waals surface area (Å²) in [4.78, 5) is 13.3. The second-order valence-electron chi connectivity index (χ2n) is 7.61. The standard InChI is InChI=1S/C16H29N3O/c1-12-7-8-13-15(2,3)16(13,11-12)14(20)18-9-5-6-10-19(18)17-4/h12-13,17H,5-11H2,1-4H3/t12?,13?,16-/m1/s1. The number of hydrogen-bond acceptors (Lipinski definition) is 3. The van der Waals surface area contributed by atoms with E-state index in [1.54, 1.807) is 0 Å². The van der Waals surface area contributed by atoms with Crippen molar-refractivity contribution in [3.8, 4) is 0 Å². The lowest BCUT2D eigenvalue weighted by molar-refractivity contribution is -0.169. The van der Waals surface area contributed by atoms with Crippen molar-refractivity contribution < 1.29 is 4.79 Å². The molecule has 0 spiro atoms. The van der Waals surface area contributed by atoms with E-state index in [0.29, 0.717) is 17.7 Å². The Bertz CT molecular complexity index is 409. The fourth-order valence-corrected chi connectivity index (χ4v) is 5.03. The van der Waals surface area contributed by atoms with E-state index in [2.05, 4.69) is 26.2 Å². The minimum Gasteiger partial charge on any atom is -0.273 e. The molecule has 1 N–H and O–H groups in total. The fourth-order valence-electron chi connectivity index (χ4n) is 5.03. The smallest absolute Gasteiger partial charge is 0.245 e. The van der Waals surface area contributed by atoms with Gasteiger partial charge < -0.3 is 0 Å². The molecule has 4 nitrogen and oxygen atoms in total. The van der Waals surface area contributed by atoms with Crippen molar-refractivity contribution in [1.29, 1.82) is 0 Å². The largest absolute Gasteiger partial charge is 0.273 e. The molecule has 3 fully saturated rings. The highest BCUT2D eigenvalue weighted by Gasteiger charge is 2.76. The number of nitrogens with zero attached hydrogens (tertiary/aromatic N) is 2. The zero-order valence-electron chi connectivity index (χ0n) is 13.4. The number of fused-ring (bicyclic) bond motifs is 1. The lowest BCUT2D eigenvalue weighted by atomic mass is 9.79. The fraction of sp³-hybridized carbons (Fsp3) is 0.938. The van der Waals surface area contributed by atoms with Gasteiger partial charge in [0.05, 0.1) is 5.41 Å². The highest BCUT2D eigenvalue weighted by molar-refractivity contribution is 5.87. The summed E-state index contributed by atoms with van der Waals surface area (Å²) in [5.41, 5.74) is 3.29. The quantitative estimate of drug-likeness (QED) is 0.843. The van der Waals surface area contributed by atoms with Crippen LogP contribution in [0.4, 0.5) is 0 Å². The lowest BCUT2D eigenvalue weighted by Gasteiger charge is -2.41. The highest BCUT2D eigenvalue weighted by Crippen LogP contribution is 2.76. The number of carbonyl (C=O) groups is 1. The minimum absolute atomic E-state index is 0.0862. The molecule has 0 bridgehead atoms. The monoisotopic (exact) mass is 279 g/mol. The molecule has 114 valence electrons. The molecule has 1 amide bonds. The Morgan fingerprint density at radius 3 is 2.60 bits per heavy atom. The molecule has 0 aromatic rings. The van der Waals surface area contributed by atoms with Crippen LogP contribution in [-0.4, -0.2) is 36.2 Å². The molecule has 1 saturated heterocycles. The van der Waals surface area contributed by atoms with Gasteiger partial charge in [-0.1, -0.05) is 27.2 Å². The normalized spacial score (nSPS) is 40.3. The summed E-state index contributed by atoms with van der Waals surface area (Å²) < 4.78 is 0. The third kappa shape index (κ3) is 1.77. The molecule has 2 unspecified atom stereocenters. The van der Waals surface area contributed by atoms with Gasteiger partial charge in [-0.2, -0.15) is 5.12 Å². The minimum atomic E-state index is -0.0862. The average Bonchev–Trinajstić information content (AvgIpc) is 2.94. The predicted molar refractivity (Wildman–Crippen MR) is 79.4 cm³/mol. The molecule has 3 rings (SSSR count). The van der Waals surface area contributed by atoms with E-state index < -0.39 is 0 Å². The van der Waals surface area contributed by atoms with Crippen LogP contribution in [0, 0.1) is 22.7 Å². The first-order valence-corrected chi connectivity index (χ1v) is 8.22. The highest BCUT2D eigenvalue weighted by atomic mass is 16.2. The van der Waals surface area contributed by atoms with E-state index in [1.165, 1.54) is 19.3 Å². The summed E-state index contributed by atoms with van der Waals surface area (Å²) in [5.74, 6) is 1.66. The third-order valence-corrected chi connectivity index (χ3v) is 6.31. The number of hydrogen-bond donors (Lipinski definition) is 1. The molecule has 1 aliphatic heterocycles. The van der Waals surface area contributed by atoms with E-state index in [-0.39, 0.29) is 10.8 Å². The van der Waals surface area contributed by atoms with Crippen LogP contribution in [0.5, 0.6) is 0 Å². The van der Waals surface area contributed by atoms with Crippen LogP contribution >= 0.6 is 0 Å². The van der Waals surface area contributed by atoms with Crippen LogP contribution in [-0.2, 0) is 4.79 Å². The molecule has 20 heavy (non-hydrogen) atoms. The Morgan fingerprint density at radius 2 is 1.90 bits per heavy atom. The molecule has 2 aliphatic carbocycles. The number of hydrazine groups is 2. The van der Waals surface area contributed by atoms with Gasteiger partial charge in [-0.15, -0.1) is 0 Å².